The van der Waals surface area contributed by atoms with Crippen molar-refractivity contribution in [2.24, 2.45) is 0 Å². The monoisotopic (exact) mass is 479 g/mol. The average Bonchev–Trinajstić information content (AvgIpc) is 3.31. The van der Waals surface area contributed by atoms with Gasteiger partial charge in [-0.25, -0.2) is 8.42 Å². The molecule has 1 saturated heterocycles. The second-order valence-corrected chi connectivity index (χ2v) is 10.3. The number of nitrogens with zero attached hydrogens (tertiary/aromatic N) is 3. The van der Waals surface area contributed by atoms with E-state index in [1.807, 2.05) is 22.4 Å². The normalized spacial score (nSPS) is 15.0. The molecule has 3 rings (SSSR count). The molecule has 10 heteroatoms. The van der Waals surface area contributed by atoms with Crippen LogP contribution in [0.5, 0.6) is 11.5 Å². The molecule has 1 aromatic carbocycles. The van der Waals surface area contributed by atoms with Gasteiger partial charge in [0.2, 0.25) is 15.9 Å². The fourth-order valence-corrected chi connectivity index (χ4v) is 5.77. The Bertz CT molecular complexity index is 1020. The minimum absolute atomic E-state index is 0.00780. The Hall–Kier alpha value is -2.40. The van der Waals surface area contributed by atoms with Gasteiger partial charge in [-0.05, 0) is 23.6 Å². The van der Waals surface area contributed by atoms with Gasteiger partial charge in [0.1, 0.15) is 0 Å². The Kier molecular flexibility index (Phi) is 8.30. The fourth-order valence-electron chi connectivity index (χ4n) is 3.59. The summed E-state index contributed by atoms with van der Waals surface area (Å²) in [4.78, 5) is 17.9. The van der Waals surface area contributed by atoms with E-state index >= 15 is 0 Å². The van der Waals surface area contributed by atoms with Gasteiger partial charge in [0.15, 0.2) is 11.5 Å². The number of benzene rings is 1. The van der Waals surface area contributed by atoms with Gasteiger partial charge in [-0.2, -0.15) is 4.31 Å². The number of ether oxygens (including phenoxy) is 2. The summed E-state index contributed by atoms with van der Waals surface area (Å²) in [5, 5.41) is 2.02. The van der Waals surface area contributed by atoms with Crippen LogP contribution in [0.3, 0.4) is 0 Å². The summed E-state index contributed by atoms with van der Waals surface area (Å²) in [7, 11) is -0.733. The number of thiophene rings is 1. The standard InChI is InChI=1S/C22H29N3O5S2/c1-4-9-23(16-18-6-5-14-31-18)17-22(26)24-10-12-25(13-11-24)32(27,28)19-7-8-20(29-2)21(15-19)30-3/h4-8,14-15H,1,9-13,16-17H2,2-3H3. The maximum absolute atomic E-state index is 13.1. The third-order valence-electron chi connectivity index (χ3n) is 5.29. The predicted octanol–water partition coefficient (Wildman–Crippen LogP) is 2.29. The Labute approximate surface area is 193 Å². The molecule has 1 aliphatic heterocycles. The first-order chi connectivity index (χ1) is 15.4. The molecule has 0 radical (unpaired) electrons. The van der Waals surface area contributed by atoms with Crippen molar-refractivity contribution in [3.63, 3.8) is 0 Å². The van der Waals surface area contributed by atoms with Crippen LogP contribution in [-0.2, 0) is 21.4 Å². The molecule has 0 atom stereocenters. The second kappa shape index (κ2) is 11.0. The first-order valence-corrected chi connectivity index (χ1v) is 12.6. The van der Waals surface area contributed by atoms with Gasteiger partial charge in [-0.1, -0.05) is 12.1 Å². The molecular weight excluding hydrogens is 450 g/mol. The molecule has 0 aliphatic carbocycles. The highest BCUT2D eigenvalue weighted by Gasteiger charge is 2.31. The molecule has 1 fully saturated rings. The van der Waals surface area contributed by atoms with Crippen LogP contribution in [0.2, 0.25) is 0 Å². The largest absolute Gasteiger partial charge is 0.493 e. The predicted molar refractivity (Wildman–Crippen MR) is 125 cm³/mol. The maximum atomic E-state index is 13.1. The Balaban J connectivity index is 1.61. The molecule has 0 spiro atoms. The summed E-state index contributed by atoms with van der Waals surface area (Å²) in [6, 6.07) is 8.58. The van der Waals surface area contributed by atoms with Crippen LogP contribution in [0, 0.1) is 0 Å². The van der Waals surface area contributed by atoms with Crippen LogP contribution in [0.25, 0.3) is 0 Å². The van der Waals surface area contributed by atoms with E-state index in [-0.39, 0.29) is 30.4 Å². The van der Waals surface area contributed by atoms with Crippen molar-refractivity contribution in [3.8, 4) is 11.5 Å². The number of carbonyl (C=O) groups is 1. The molecule has 2 heterocycles. The molecule has 0 N–H and O–H groups in total. The highest BCUT2D eigenvalue weighted by molar-refractivity contribution is 7.89. The molecule has 0 saturated carbocycles. The van der Waals surface area contributed by atoms with Crippen LogP contribution in [0.15, 0.2) is 53.3 Å². The molecule has 1 aromatic heterocycles. The van der Waals surface area contributed by atoms with E-state index in [0.29, 0.717) is 37.7 Å². The van der Waals surface area contributed by atoms with Crippen molar-refractivity contribution in [3.05, 3.63) is 53.2 Å². The highest BCUT2D eigenvalue weighted by Crippen LogP contribution is 2.30. The molecule has 0 unspecified atom stereocenters. The van der Waals surface area contributed by atoms with E-state index in [4.69, 9.17) is 9.47 Å². The minimum atomic E-state index is -3.70. The third-order valence-corrected chi connectivity index (χ3v) is 8.05. The first-order valence-electron chi connectivity index (χ1n) is 10.2. The minimum Gasteiger partial charge on any atom is -0.493 e. The van der Waals surface area contributed by atoms with Crippen molar-refractivity contribution in [2.75, 3.05) is 53.5 Å². The molecule has 1 aliphatic rings. The maximum Gasteiger partial charge on any atom is 0.243 e. The van der Waals surface area contributed by atoms with Gasteiger partial charge in [0.05, 0.1) is 25.7 Å². The zero-order valence-electron chi connectivity index (χ0n) is 18.4. The molecule has 32 heavy (non-hydrogen) atoms. The van der Waals surface area contributed by atoms with Crippen molar-refractivity contribution in [2.45, 2.75) is 11.4 Å². The van der Waals surface area contributed by atoms with Crippen LogP contribution in [0.4, 0.5) is 0 Å². The van der Waals surface area contributed by atoms with Gasteiger partial charge < -0.3 is 14.4 Å². The number of hydrogen-bond donors (Lipinski definition) is 0. The van der Waals surface area contributed by atoms with Gasteiger partial charge in [0.25, 0.3) is 0 Å². The lowest BCUT2D eigenvalue weighted by atomic mass is 10.3. The van der Waals surface area contributed by atoms with Crippen LogP contribution in [-0.4, -0.2) is 81.9 Å². The quantitative estimate of drug-likeness (QED) is 0.487. The SMILES string of the molecule is C=CCN(CC(=O)N1CCN(S(=O)(=O)c2ccc(OC)c(OC)c2)CC1)Cc1cccs1. The zero-order valence-corrected chi connectivity index (χ0v) is 20.0. The van der Waals surface area contributed by atoms with E-state index < -0.39 is 10.0 Å². The van der Waals surface area contributed by atoms with Crippen molar-refractivity contribution in [1.29, 1.82) is 0 Å². The molecular formula is C22H29N3O5S2. The fraction of sp³-hybridized carbons (Fsp3) is 0.409. The Morgan fingerprint density at radius 3 is 2.47 bits per heavy atom. The zero-order chi connectivity index (χ0) is 23.1. The van der Waals surface area contributed by atoms with Gasteiger partial charge >= 0.3 is 0 Å². The molecule has 2 aromatic rings. The first kappa shape index (κ1) is 24.2. The summed E-state index contributed by atoms with van der Waals surface area (Å²) in [6.07, 6.45) is 1.79. The van der Waals surface area contributed by atoms with Crippen LogP contribution >= 0.6 is 11.3 Å². The summed E-state index contributed by atoms with van der Waals surface area (Å²) < 4.78 is 38.0. The Morgan fingerprint density at radius 2 is 1.88 bits per heavy atom. The molecule has 1 amide bonds. The lowest BCUT2D eigenvalue weighted by molar-refractivity contribution is -0.133. The van der Waals surface area contributed by atoms with E-state index in [1.165, 1.54) is 35.5 Å². The summed E-state index contributed by atoms with van der Waals surface area (Å²) in [6.45, 7) is 6.54. The van der Waals surface area contributed by atoms with Crippen LogP contribution in [0.1, 0.15) is 4.88 Å². The number of sulfonamides is 1. The highest BCUT2D eigenvalue weighted by atomic mass is 32.2. The lowest BCUT2D eigenvalue weighted by Gasteiger charge is -2.35. The second-order valence-electron chi connectivity index (χ2n) is 7.34. The summed E-state index contributed by atoms with van der Waals surface area (Å²) >= 11 is 1.65. The average molecular weight is 480 g/mol. The lowest BCUT2D eigenvalue weighted by Crippen LogP contribution is -2.52. The van der Waals surface area contributed by atoms with Gasteiger partial charge in [-0.15, -0.1) is 17.9 Å². The molecule has 0 bridgehead atoms. The number of piperazine rings is 1. The topological polar surface area (TPSA) is 79.4 Å². The number of methoxy groups -OCH3 is 2. The van der Waals surface area contributed by atoms with Crippen molar-refractivity contribution < 1.29 is 22.7 Å². The number of hydrogen-bond acceptors (Lipinski definition) is 7. The number of rotatable bonds is 10. The summed E-state index contributed by atoms with van der Waals surface area (Å²) in [5.41, 5.74) is 0. The Morgan fingerprint density at radius 1 is 1.16 bits per heavy atom. The smallest absolute Gasteiger partial charge is 0.243 e. The third kappa shape index (κ3) is 5.69. The van der Waals surface area contributed by atoms with Crippen molar-refractivity contribution >= 4 is 27.3 Å². The van der Waals surface area contributed by atoms with E-state index in [2.05, 4.69) is 6.58 Å². The molecule has 174 valence electrons. The van der Waals surface area contributed by atoms with Gasteiger partial charge in [-0.3, -0.25) is 9.69 Å². The summed E-state index contributed by atoms with van der Waals surface area (Å²) in [5.74, 6) is 0.815. The van der Waals surface area contributed by atoms with E-state index in [9.17, 15) is 13.2 Å². The van der Waals surface area contributed by atoms with Gasteiger partial charge in [0, 0.05) is 50.2 Å². The van der Waals surface area contributed by atoms with Crippen LogP contribution < -0.4 is 9.47 Å². The van der Waals surface area contributed by atoms with Crippen molar-refractivity contribution in [1.82, 2.24) is 14.1 Å². The number of amides is 1. The molecule has 8 nitrogen and oxygen atoms in total. The van der Waals surface area contributed by atoms with E-state index in [0.717, 1.165) is 0 Å². The number of carbonyl (C=O) groups excluding carboxylic acids is 1. The van der Waals surface area contributed by atoms with E-state index in [1.54, 1.807) is 28.4 Å².